The maximum Gasteiger partial charge on any atom is 0.333 e. The van der Waals surface area contributed by atoms with Crippen LogP contribution in [0.2, 0.25) is 0 Å². The monoisotopic (exact) mass is 294 g/mol. The second kappa shape index (κ2) is 11.9. The smallest absolute Gasteiger partial charge is 0.333 e. The zero-order valence-electron chi connectivity index (χ0n) is 13.1. The van der Waals surface area contributed by atoms with Crippen molar-refractivity contribution >= 4 is 11.9 Å². The van der Waals surface area contributed by atoms with Gasteiger partial charge in [-0.15, -0.1) is 0 Å². The average molecular weight is 294 g/mol. The van der Waals surface area contributed by atoms with E-state index in [1.807, 2.05) is 13.8 Å². The number of carbonyl (C=O) groups excluding carboxylic acids is 2. The van der Waals surface area contributed by atoms with Crippen molar-refractivity contribution in [2.24, 2.45) is 0 Å². The maximum atomic E-state index is 11.8. The quantitative estimate of drug-likeness (QED) is 0.252. The van der Waals surface area contributed by atoms with E-state index in [9.17, 15) is 9.59 Å². The molecule has 0 radical (unpaired) electrons. The van der Waals surface area contributed by atoms with Crippen molar-refractivity contribution in [2.75, 3.05) is 6.61 Å². The van der Waals surface area contributed by atoms with Crippen LogP contribution in [0.1, 0.15) is 46.0 Å². The van der Waals surface area contributed by atoms with Crippen LogP contribution in [0.4, 0.5) is 0 Å². The van der Waals surface area contributed by atoms with E-state index in [2.05, 4.69) is 13.2 Å². The SMILES string of the molecule is C=C/C=C/C(CCC)OC(=O)CC(=C)C(=O)OCCCC. The van der Waals surface area contributed by atoms with E-state index in [0.717, 1.165) is 25.7 Å². The summed E-state index contributed by atoms with van der Waals surface area (Å²) in [5.41, 5.74) is 0.124. The standard InChI is InChI=1S/C17H26O4/c1-5-8-11-15(10-7-3)21-16(18)13-14(4)17(19)20-12-9-6-2/h5,8,11,15H,1,4,6-7,9-10,12-13H2,2-3H3/b11-8+. The fourth-order valence-electron chi connectivity index (χ4n) is 1.55. The largest absolute Gasteiger partial charge is 0.462 e. The van der Waals surface area contributed by atoms with E-state index in [0.29, 0.717) is 6.61 Å². The van der Waals surface area contributed by atoms with Gasteiger partial charge in [0.1, 0.15) is 6.10 Å². The van der Waals surface area contributed by atoms with Gasteiger partial charge in [-0.05, 0) is 18.9 Å². The molecule has 1 unspecified atom stereocenters. The van der Waals surface area contributed by atoms with Gasteiger partial charge in [-0.2, -0.15) is 0 Å². The van der Waals surface area contributed by atoms with Gasteiger partial charge in [0.05, 0.1) is 13.0 Å². The van der Waals surface area contributed by atoms with Crippen molar-refractivity contribution in [1.29, 1.82) is 0 Å². The Morgan fingerprint density at radius 3 is 2.52 bits per heavy atom. The number of unbranched alkanes of at least 4 members (excludes halogenated alkanes) is 1. The highest BCUT2D eigenvalue weighted by molar-refractivity contribution is 5.93. The Balaban J connectivity index is 4.26. The molecule has 1 atom stereocenters. The van der Waals surface area contributed by atoms with Gasteiger partial charge in [-0.25, -0.2) is 4.79 Å². The lowest BCUT2D eigenvalue weighted by Gasteiger charge is -2.14. The normalized spacial score (nSPS) is 11.9. The molecule has 118 valence electrons. The lowest BCUT2D eigenvalue weighted by molar-refractivity contribution is -0.148. The van der Waals surface area contributed by atoms with Gasteiger partial charge < -0.3 is 9.47 Å². The molecule has 0 rings (SSSR count). The second-order valence-corrected chi connectivity index (χ2v) is 4.71. The molecule has 0 fully saturated rings. The van der Waals surface area contributed by atoms with E-state index in [-0.39, 0.29) is 18.1 Å². The fourth-order valence-corrected chi connectivity index (χ4v) is 1.55. The molecular weight excluding hydrogens is 268 g/mol. The molecule has 0 saturated heterocycles. The molecule has 0 aromatic rings. The highest BCUT2D eigenvalue weighted by atomic mass is 16.5. The van der Waals surface area contributed by atoms with Gasteiger partial charge in [0.15, 0.2) is 0 Å². The molecule has 0 N–H and O–H groups in total. The Morgan fingerprint density at radius 1 is 1.24 bits per heavy atom. The molecule has 4 heteroatoms. The number of esters is 2. The zero-order valence-corrected chi connectivity index (χ0v) is 13.1. The van der Waals surface area contributed by atoms with Gasteiger partial charge in [0.2, 0.25) is 0 Å². The summed E-state index contributed by atoms with van der Waals surface area (Å²) in [5, 5.41) is 0. The van der Waals surface area contributed by atoms with Gasteiger partial charge in [0.25, 0.3) is 0 Å². The lowest BCUT2D eigenvalue weighted by Crippen LogP contribution is -2.18. The van der Waals surface area contributed by atoms with E-state index >= 15 is 0 Å². The predicted molar refractivity (Wildman–Crippen MR) is 83.7 cm³/mol. The molecule has 0 aliphatic rings. The Morgan fingerprint density at radius 2 is 1.95 bits per heavy atom. The zero-order chi connectivity index (χ0) is 16.1. The summed E-state index contributed by atoms with van der Waals surface area (Å²) in [4.78, 5) is 23.4. The minimum absolute atomic E-state index is 0.124. The first kappa shape index (κ1) is 19.2. The molecule has 0 aromatic heterocycles. The Bertz CT molecular complexity index is 382. The van der Waals surface area contributed by atoms with Crippen LogP contribution in [-0.4, -0.2) is 24.6 Å². The van der Waals surface area contributed by atoms with Crippen LogP contribution >= 0.6 is 0 Å². The summed E-state index contributed by atoms with van der Waals surface area (Å²) < 4.78 is 10.3. The van der Waals surface area contributed by atoms with Crippen LogP contribution in [0, 0.1) is 0 Å². The number of carbonyl (C=O) groups is 2. The number of rotatable bonds is 11. The van der Waals surface area contributed by atoms with E-state index in [4.69, 9.17) is 9.47 Å². The summed E-state index contributed by atoms with van der Waals surface area (Å²) in [5.74, 6) is -1.01. The number of hydrogen-bond donors (Lipinski definition) is 0. The van der Waals surface area contributed by atoms with Crippen molar-refractivity contribution in [2.45, 2.75) is 52.1 Å². The summed E-state index contributed by atoms with van der Waals surface area (Å²) in [6.07, 6.45) is 8.05. The summed E-state index contributed by atoms with van der Waals surface area (Å²) in [6, 6.07) is 0. The van der Waals surface area contributed by atoms with Crippen molar-refractivity contribution in [3.05, 3.63) is 37.0 Å². The maximum absolute atomic E-state index is 11.8. The van der Waals surface area contributed by atoms with Crippen molar-refractivity contribution in [3.8, 4) is 0 Å². The molecule has 21 heavy (non-hydrogen) atoms. The molecule has 0 aromatic carbocycles. The van der Waals surface area contributed by atoms with Crippen LogP contribution in [-0.2, 0) is 19.1 Å². The predicted octanol–water partition coefficient (Wildman–Crippen LogP) is 3.73. The van der Waals surface area contributed by atoms with Crippen LogP contribution in [0.5, 0.6) is 0 Å². The first-order valence-electron chi connectivity index (χ1n) is 7.38. The summed E-state index contributed by atoms with van der Waals surface area (Å²) in [7, 11) is 0. The molecule has 0 saturated carbocycles. The van der Waals surface area contributed by atoms with Gasteiger partial charge >= 0.3 is 11.9 Å². The van der Waals surface area contributed by atoms with Crippen LogP contribution in [0.15, 0.2) is 37.0 Å². The van der Waals surface area contributed by atoms with E-state index in [1.54, 1.807) is 18.2 Å². The number of hydrogen-bond acceptors (Lipinski definition) is 4. The van der Waals surface area contributed by atoms with Crippen LogP contribution < -0.4 is 0 Å². The number of ether oxygens (including phenoxy) is 2. The van der Waals surface area contributed by atoms with Crippen LogP contribution in [0.25, 0.3) is 0 Å². The first-order valence-corrected chi connectivity index (χ1v) is 7.38. The lowest BCUT2D eigenvalue weighted by atomic mass is 10.2. The molecule has 0 aliphatic heterocycles. The average Bonchev–Trinajstić information content (AvgIpc) is 2.44. The molecule has 0 heterocycles. The Hall–Kier alpha value is -1.84. The Kier molecular flexibility index (Phi) is 10.9. The molecule has 0 spiro atoms. The third-order valence-electron chi connectivity index (χ3n) is 2.70. The molecular formula is C17H26O4. The van der Waals surface area contributed by atoms with Gasteiger partial charge in [-0.1, -0.05) is 52.0 Å². The summed E-state index contributed by atoms with van der Waals surface area (Å²) in [6.45, 7) is 11.5. The van der Waals surface area contributed by atoms with Crippen LogP contribution in [0.3, 0.4) is 0 Å². The van der Waals surface area contributed by atoms with Gasteiger partial charge in [-0.3, -0.25) is 4.79 Å². The van der Waals surface area contributed by atoms with Crippen molar-refractivity contribution in [1.82, 2.24) is 0 Å². The third kappa shape index (κ3) is 9.66. The minimum Gasteiger partial charge on any atom is -0.462 e. The fraction of sp³-hybridized carbons (Fsp3) is 0.529. The molecule has 0 bridgehead atoms. The molecule has 4 nitrogen and oxygen atoms in total. The van der Waals surface area contributed by atoms with E-state index in [1.165, 1.54) is 0 Å². The Labute approximate surface area is 127 Å². The summed E-state index contributed by atoms with van der Waals surface area (Å²) >= 11 is 0. The van der Waals surface area contributed by atoms with E-state index < -0.39 is 11.9 Å². The topological polar surface area (TPSA) is 52.6 Å². The number of allylic oxidation sites excluding steroid dienone is 2. The van der Waals surface area contributed by atoms with Crippen molar-refractivity contribution < 1.29 is 19.1 Å². The highest BCUT2D eigenvalue weighted by Gasteiger charge is 2.16. The minimum atomic E-state index is -0.533. The molecule has 0 aliphatic carbocycles. The highest BCUT2D eigenvalue weighted by Crippen LogP contribution is 2.09. The molecule has 0 amide bonds. The van der Waals surface area contributed by atoms with Crippen molar-refractivity contribution in [3.63, 3.8) is 0 Å². The first-order chi connectivity index (χ1) is 10.0. The second-order valence-electron chi connectivity index (χ2n) is 4.71. The third-order valence-corrected chi connectivity index (χ3v) is 2.70. The van der Waals surface area contributed by atoms with Gasteiger partial charge in [0, 0.05) is 5.57 Å².